The fourth-order valence-electron chi connectivity index (χ4n) is 1.02. The van der Waals surface area contributed by atoms with E-state index in [0.29, 0.717) is 11.1 Å². The van der Waals surface area contributed by atoms with Crippen molar-refractivity contribution >= 4 is 28.7 Å². The number of carbonyl (C=O) groups is 1. The van der Waals surface area contributed by atoms with Crippen LogP contribution in [0.1, 0.15) is 10.4 Å². The molecule has 0 amide bonds. The van der Waals surface area contributed by atoms with Gasteiger partial charge in [-0.25, -0.2) is 9.78 Å². The van der Waals surface area contributed by atoms with Gasteiger partial charge in [0.25, 0.3) is 0 Å². The van der Waals surface area contributed by atoms with E-state index in [4.69, 9.17) is 21.1 Å². The third-order valence-electron chi connectivity index (χ3n) is 1.59. The van der Waals surface area contributed by atoms with Crippen molar-refractivity contribution in [3.63, 3.8) is 0 Å². The topological polar surface area (TPSA) is 63.3 Å². The molecule has 5 heteroatoms. The van der Waals surface area contributed by atoms with Gasteiger partial charge in [-0.15, -0.1) is 0 Å². The number of fused-ring (bicyclic) bond motifs is 1. The Morgan fingerprint density at radius 2 is 2.31 bits per heavy atom. The molecule has 0 radical (unpaired) electrons. The molecule has 2 aromatic rings. The molecule has 0 spiro atoms. The maximum atomic E-state index is 10.5. The van der Waals surface area contributed by atoms with E-state index >= 15 is 0 Å². The molecule has 13 heavy (non-hydrogen) atoms. The largest absolute Gasteiger partial charge is 0.478 e. The Labute approximate surface area is 77.8 Å². The first-order chi connectivity index (χ1) is 6.16. The molecule has 0 aliphatic rings. The lowest BCUT2D eigenvalue weighted by Gasteiger charge is -1.91. The number of aromatic carboxylic acids is 1. The summed E-state index contributed by atoms with van der Waals surface area (Å²) in [6.45, 7) is 0. The van der Waals surface area contributed by atoms with Gasteiger partial charge in [-0.3, -0.25) is 0 Å². The number of nitrogens with zero attached hydrogens (tertiary/aromatic N) is 1. The highest BCUT2D eigenvalue weighted by molar-refractivity contribution is 6.29. The Hall–Kier alpha value is -1.55. The number of halogens is 1. The lowest BCUT2D eigenvalue weighted by Crippen LogP contribution is -1.95. The zero-order valence-electron chi connectivity index (χ0n) is 6.32. The minimum absolute atomic E-state index is 0.116. The van der Waals surface area contributed by atoms with E-state index in [1.54, 1.807) is 0 Å². The molecule has 0 fully saturated rings. The lowest BCUT2D eigenvalue weighted by molar-refractivity contribution is 0.0696. The second-order valence-corrected chi connectivity index (χ2v) is 2.85. The summed E-state index contributed by atoms with van der Waals surface area (Å²) in [5, 5.41) is 9.43. The van der Waals surface area contributed by atoms with Crippen LogP contribution in [0.3, 0.4) is 0 Å². The number of carboxylic acids is 1. The van der Waals surface area contributed by atoms with Gasteiger partial charge < -0.3 is 9.52 Å². The molecule has 0 atom stereocenters. The maximum Gasteiger partial charge on any atom is 0.337 e. The van der Waals surface area contributed by atoms with Crippen LogP contribution in [0, 0.1) is 0 Å². The molecule has 4 nitrogen and oxygen atoms in total. The predicted molar refractivity (Wildman–Crippen MR) is 46.0 cm³/mol. The van der Waals surface area contributed by atoms with Gasteiger partial charge in [0.1, 0.15) is 0 Å². The third-order valence-corrected chi connectivity index (χ3v) is 1.78. The molecule has 0 saturated carbocycles. The van der Waals surface area contributed by atoms with Crippen molar-refractivity contribution < 1.29 is 14.3 Å². The van der Waals surface area contributed by atoms with Gasteiger partial charge in [0, 0.05) is 17.6 Å². The van der Waals surface area contributed by atoms with Gasteiger partial charge in [0.05, 0.1) is 5.56 Å². The van der Waals surface area contributed by atoms with E-state index in [1.165, 1.54) is 18.3 Å². The van der Waals surface area contributed by atoms with Crippen LogP contribution >= 0.6 is 11.6 Å². The Kier molecular flexibility index (Phi) is 1.70. The normalized spacial score (nSPS) is 10.5. The Bertz CT molecular complexity index is 477. The smallest absolute Gasteiger partial charge is 0.337 e. The number of hydrogen-bond donors (Lipinski definition) is 1. The molecule has 66 valence electrons. The van der Waals surface area contributed by atoms with E-state index in [2.05, 4.69) is 4.98 Å². The minimum atomic E-state index is -1.02. The summed E-state index contributed by atoms with van der Waals surface area (Å²) in [4.78, 5) is 14.3. The van der Waals surface area contributed by atoms with Crippen LogP contribution in [-0.4, -0.2) is 16.1 Å². The monoisotopic (exact) mass is 197 g/mol. The summed E-state index contributed by atoms with van der Waals surface area (Å²) in [7, 11) is 0. The number of carboxylic acid groups (broad SMARTS) is 1. The molecule has 2 aromatic heterocycles. The van der Waals surface area contributed by atoms with Crippen molar-refractivity contribution in [3.05, 3.63) is 29.1 Å². The van der Waals surface area contributed by atoms with Gasteiger partial charge in [-0.1, -0.05) is 0 Å². The number of hydrogen-bond acceptors (Lipinski definition) is 3. The molecule has 0 aromatic carbocycles. The standard InChI is InChI=1S/C8H4ClNO3/c9-6-2-4-1-5(8(11)12)3-10-7(4)13-6/h1-3H,(H,11,12). The van der Waals surface area contributed by atoms with Gasteiger partial charge >= 0.3 is 5.97 Å². The minimum Gasteiger partial charge on any atom is -0.478 e. The molecule has 0 saturated heterocycles. The van der Waals surface area contributed by atoms with Crippen molar-refractivity contribution in [2.75, 3.05) is 0 Å². The van der Waals surface area contributed by atoms with E-state index in [1.807, 2.05) is 0 Å². The number of aromatic nitrogens is 1. The van der Waals surface area contributed by atoms with Crippen LogP contribution in [0.5, 0.6) is 0 Å². The number of rotatable bonds is 1. The molecular formula is C8H4ClNO3. The first-order valence-corrected chi connectivity index (χ1v) is 3.83. The summed E-state index contributed by atoms with van der Waals surface area (Å²) < 4.78 is 4.96. The molecule has 2 heterocycles. The molecular weight excluding hydrogens is 194 g/mol. The van der Waals surface area contributed by atoms with Crippen LogP contribution in [0.2, 0.25) is 5.22 Å². The fraction of sp³-hybridized carbons (Fsp3) is 0. The SMILES string of the molecule is O=C(O)c1cnc2oc(Cl)cc2c1. The molecule has 0 unspecified atom stereocenters. The molecule has 0 bridgehead atoms. The summed E-state index contributed by atoms with van der Waals surface area (Å²) in [6.07, 6.45) is 1.23. The average molecular weight is 198 g/mol. The molecule has 0 aliphatic heterocycles. The zero-order chi connectivity index (χ0) is 9.42. The van der Waals surface area contributed by atoms with Crippen molar-refractivity contribution in [1.29, 1.82) is 0 Å². The van der Waals surface area contributed by atoms with Gasteiger partial charge in [-0.05, 0) is 17.7 Å². The van der Waals surface area contributed by atoms with Crippen LogP contribution in [0.4, 0.5) is 0 Å². The van der Waals surface area contributed by atoms with Crippen LogP contribution in [0.15, 0.2) is 22.7 Å². The summed E-state index contributed by atoms with van der Waals surface area (Å²) in [5.41, 5.74) is 0.458. The summed E-state index contributed by atoms with van der Waals surface area (Å²) >= 11 is 5.56. The third kappa shape index (κ3) is 1.36. The molecule has 0 aliphatic carbocycles. The van der Waals surface area contributed by atoms with Crippen molar-refractivity contribution in [3.8, 4) is 0 Å². The van der Waals surface area contributed by atoms with Crippen LogP contribution < -0.4 is 0 Å². The van der Waals surface area contributed by atoms with E-state index in [0.717, 1.165) is 0 Å². The highest BCUT2D eigenvalue weighted by Gasteiger charge is 2.07. The summed E-state index contributed by atoms with van der Waals surface area (Å²) in [5.74, 6) is -1.02. The van der Waals surface area contributed by atoms with E-state index < -0.39 is 5.97 Å². The van der Waals surface area contributed by atoms with Crippen molar-refractivity contribution in [2.45, 2.75) is 0 Å². The first kappa shape index (κ1) is 8.07. The average Bonchev–Trinajstić information content (AvgIpc) is 2.42. The van der Waals surface area contributed by atoms with Crippen molar-refractivity contribution in [2.24, 2.45) is 0 Å². The number of furan rings is 1. The lowest BCUT2D eigenvalue weighted by atomic mass is 10.2. The second-order valence-electron chi connectivity index (χ2n) is 2.47. The predicted octanol–water partition coefficient (Wildman–Crippen LogP) is 2.18. The zero-order valence-corrected chi connectivity index (χ0v) is 7.08. The van der Waals surface area contributed by atoms with Crippen LogP contribution in [-0.2, 0) is 0 Å². The van der Waals surface area contributed by atoms with Gasteiger partial charge in [0.2, 0.25) is 5.71 Å². The number of pyridine rings is 1. The van der Waals surface area contributed by atoms with Crippen molar-refractivity contribution in [1.82, 2.24) is 4.98 Å². The van der Waals surface area contributed by atoms with Gasteiger partial charge in [-0.2, -0.15) is 0 Å². The highest BCUT2D eigenvalue weighted by Crippen LogP contribution is 2.21. The highest BCUT2D eigenvalue weighted by atomic mass is 35.5. The van der Waals surface area contributed by atoms with Gasteiger partial charge in [0.15, 0.2) is 5.22 Å². The summed E-state index contributed by atoms with van der Waals surface area (Å²) in [6, 6.07) is 2.98. The maximum absolute atomic E-state index is 10.5. The van der Waals surface area contributed by atoms with E-state index in [-0.39, 0.29) is 10.8 Å². The van der Waals surface area contributed by atoms with E-state index in [9.17, 15) is 4.79 Å². The molecule has 2 rings (SSSR count). The fourth-order valence-corrected chi connectivity index (χ4v) is 1.21. The Morgan fingerprint density at radius 1 is 1.54 bits per heavy atom. The quantitative estimate of drug-likeness (QED) is 0.761. The first-order valence-electron chi connectivity index (χ1n) is 3.45. The Morgan fingerprint density at radius 3 is 3.00 bits per heavy atom. The Balaban J connectivity index is 2.67. The second kappa shape index (κ2) is 2.74. The van der Waals surface area contributed by atoms with Crippen LogP contribution in [0.25, 0.3) is 11.1 Å². The molecule has 1 N–H and O–H groups in total.